The minimum Gasteiger partial charge on any atom is -0.508 e. The van der Waals surface area contributed by atoms with Crippen LogP contribution in [-0.4, -0.2) is 69.4 Å². The summed E-state index contributed by atoms with van der Waals surface area (Å²) in [5.74, 6) is 0.500. The van der Waals surface area contributed by atoms with Crippen molar-refractivity contribution >= 4 is 80.1 Å². The fraction of sp³-hybridized carbons (Fsp3) is 0.368. The first-order chi connectivity index (χ1) is 24.3. The Hall–Kier alpha value is -3.37. The maximum atomic E-state index is 12.1. The Morgan fingerprint density at radius 3 is 1.57 bits per heavy atom. The molecule has 51 heavy (non-hydrogen) atoms. The molecule has 4 rings (SSSR count). The maximum Gasteiger partial charge on any atom is 0.360 e. The second kappa shape index (κ2) is 22.5. The van der Waals surface area contributed by atoms with E-state index in [9.17, 15) is 9.59 Å². The first-order valence-electron chi connectivity index (χ1n) is 15.8. The van der Waals surface area contributed by atoms with Crippen LogP contribution in [0.25, 0.3) is 0 Å². The van der Waals surface area contributed by atoms with Crippen molar-refractivity contribution in [3.63, 3.8) is 0 Å². The molecule has 0 saturated heterocycles. The number of halogens is 3. The molecule has 2 aliphatic rings. The van der Waals surface area contributed by atoms with Crippen molar-refractivity contribution in [3.05, 3.63) is 100 Å². The Morgan fingerprint density at radius 2 is 1.16 bits per heavy atom. The van der Waals surface area contributed by atoms with E-state index in [1.807, 2.05) is 43.3 Å². The lowest BCUT2D eigenvalue weighted by Crippen LogP contribution is -2.24. The number of phenolic OH excluding ortho intramolecular Hbond substituents is 1. The summed E-state index contributed by atoms with van der Waals surface area (Å²) >= 11 is 10.3. The molecule has 276 valence electrons. The summed E-state index contributed by atoms with van der Waals surface area (Å²) in [4.78, 5) is 33.4. The van der Waals surface area contributed by atoms with Crippen LogP contribution in [0.5, 0.6) is 11.5 Å². The predicted molar refractivity (Wildman–Crippen MR) is 218 cm³/mol. The third-order valence-electron chi connectivity index (χ3n) is 8.02. The van der Waals surface area contributed by atoms with Crippen LogP contribution in [0.1, 0.15) is 53.4 Å². The number of hydrogen-bond donors (Lipinski definition) is 1. The Kier molecular flexibility index (Phi) is 19.4. The summed E-state index contributed by atoms with van der Waals surface area (Å²) in [5.41, 5.74) is 9.10. The average molecular weight is 947 g/mol. The monoisotopic (exact) mass is 946 g/mol. The minimum absolute atomic E-state index is 0.207. The molecule has 0 radical (unpaired) electrons. The summed E-state index contributed by atoms with van der Waals surface area (Å²) in [6.07, 6.45) is 2.80. The zero-order valence-corrected chi connectivity index (χ0v) is 35.3. The van der Waals surface area contributed by atoms with Crippen LogP contribution in [0.2, 0.25) is 0 Å². The van der Waals surface area contributed by atoms with Crippen LogP contribution in [0, 0.1) is 7.14 Å². The van der Waals surface area contributed by atoms with E-state index in [1.165, 1.54) is 50.7 Å². The molecule has 0 aromatic heterocycles. The second-order valence-corrected chi connectivity index (χ2v) is 14.3. The van der Waals surface area contributed by atoms with Gasteiger partial charge in [0.15, 0.2) is 11.4 Å². The van der Waals surface area contributed by atoms with Gasteiger partial charge in [-0.25, -0.2) is 9.59 Å². The van der Waals surface area contributed by atoms with Gasteiger partial charge in [0.1, 0.15) is 32.3 Å². The molecule has 0 fully saturated rings. The summed E-state index contributed by atoms with van der Waals surface area (Å²) in [5, 5.41) is 16.5. The van der Waals surface area contributed by atoms with E-state index >= 15 is 0 Å². The van der Waals surface area contributed by atoms with E-state index in [0.29, 0.717) is 31.1 Å². The van der Waals surface area contributed by atoms with Gasteiger partial charge in [0.05, 0.1) is 14.2 Å². The Morgan fingerprint density at radius 1 is 0.706 bits per heavy atom. The summed E-state index contributed by atoms with van der Waals surface area (Å²) < 4.78 is 17.7. The number of carbonyl (C=O) groups is 2. The van der Waals surface area contributed by atoms with Gasteiger partial charge in [0.2, 0.25) is 0 Å². The van der Waals surface area contributed by atoms with Gasteiger partial charge in [-0.2, -0.15) is 0 Å². The number of aromatic hydroxyl groups is 1. The molecule has 0 aliphatic heterocycles. The molecule has 2 aromatic rings. The SMILES string of the molecule is CO/N=C(/C(=O)OC)C1=C(CCl)CC(C)=C(C)C1.CO/N=C(/C(=O)OC)C1=C(COc2cccc(I)c2)CC(C)=C(C)C1.Oc1cccc(I)c1. The molecule has 2 aliphatic carbocycles. The average Bonchev–Trinajstić information content (AvgIpc) is 3.11. The molecule has 13 heteroatoms. The van der Waals surface area contributed by atoms with Crippen LogP contribution in [0.3, 0.4) is 0 Å². The van der Waals surface area contributed by atoms with Gasteiger partial charge in [-0.15, -0.1) is 11.6 Å². The van der Waals surface area contributed by atoms with Crippen molar-refractivity contribution in [2.75, 3.05) is 40.9 Å². The van der Waals surface area contributed by atoms with Gasteiger partial charge in [-0.1, -0.05) is 44.7 Å². The van der Waals surface area contributed by atoms with Gasteiger partial charge < -0.3 is 29.0 Å². The largest absolute Gasteiger partial charge is 0.508 e. The molecule has 0 saturated carbocycles. The molecule has 0 atom stereocenters. The van der Waals surface area contributed by atoms with Crippen molar-refractivity contribution < 1.29 is 38.6 Å². The number of allylic oxidation sites excluding steroid dienone is 5. The fourth-order valence-electron chi connectivity index (χ4n) is 5.02. The number of hydrogen-bond acceptors (Lipinski definition) is 10. The highest BCUT2D eigenvalue weighted by atomic mass is 127. The van der Waals surface area contributed by atoms with E-state index in [4.69, 9.17) is 40.6 Å². The lowest BCUT2D eigenvalue weighted by atomic mass is 9.85. The van der Waals surface area contributed by atoms with Gasteiger partial charge >= 0.3 is 11.9 Å². The van der Waals surface area contributed by atoms with Gasteiger partial charge in [0, 0.05) is 13.0 Å². The Bertz CT molecular complexity index is 1730. The lowest BCUT2D eigenvalue weighted by Gasteiger charge is -2.23. The van der Waals surface area contributed by atoms with Crippen LogP contribution in [0.4, 0.5) is 0 Å². The molecule has 2 aromatic carbocycles. The topological polar surface area (TPSA) is 125 Å². The number of methoxy groups -OCH3 is 2. The maximum absolute atomic E-state index is 12.1. The number of phenols is 1. The minimum atomic E-state index is -0.504. The van der Waals surface area contributed by atoms with E-state index in [-0.39, 0.29) is 11.4 Å². The first kappa shape index (κ1) is 43.8. The van der Waals surface area contributed by atoms with Gasteiger partial charge in [0.25, 0.3) is 0 Å². The third kappa shape index (κ3) is 13.9. The van der Waals surface area contributed by atoms with Crippen LogP contribution in [0.15, 0.2) is 103 Å². The standard InChI is InChI=1S/C19H22INO4.C13H18ClNO3.C6H5IO/c1-12-8-14(11-25-16-7-5-6-15(20)10-16)17(9-13(12)2)18(21-24-4)19(22)23-3;1-8-5-10(7-14)11(6-9(8)2)12(15-18-4)13(16)17-3;7-5-2-1-3-6(8)4-5/h5-7,10H,8-9,11H2,1-4H3;5-7H2,1-4H3;1-4,8H/b21-18+;15-12+;. The molecule has 0 heterocycles. The molecular weight excluding hydrogens is 902 g/mol. The van der Waals surface area contributed by atoms with E-state index < -0.39 is 11.9 Å². The van der Waals surface area contributed by atoms with Crippen LogP contribution >= 0.6 is 56.8 Å². The molecule has 1 N–H and O–H groups in total. The van der Waals surface area contributed by atoms with Crippen molar-refractivity contribution in [1.29, 1.82) is 0 Å². The molecule has 0 unspecified atom stereocenters. The predicted octanol–water partition coefficient (Wildman–Crippen LogP) is 9.10. The zero-order chi connectivity index (χ0) is 38.1. The van der Waals surface area contributed by atoms with Crippen molar-refractivity contribution in [2.24, 2.45) is 10.3 Å². The molecule has 0 spiro atoms. The third-order valence-corrected chi connectivity index (χ3v) is 9.69. The highest BCUT2D eigenvalue weighted by molar-refractivity contribution is 14.1. The van der Waals surface area contributed by atoms with E-state index in [0.717, 1.165) is 48.0 Å². The van der Waals surface area contributed by atoms with Gasteiger partial charge in [-0.3, -0.25) is 0 Å². The normalized spacial score (nSPS) is 15.0. The Balaban J connectivity index is 0.000000300. The summed E-state index contributed by atoms with van der Waals surface area (Å²) in [7, 11) is 5.49. The molecule has 0 bridgehead atoms. The summed E-state index contributed by atoms with van der Waals surface area (Å²) in [6.45, 7) is 8.67. The molecular formula is C38H45ClI2N2O8. The number of rotatable bonds is 10. The highest BCUT2D eigenvalue weighted by Gasteiger charge is 2.27. The van der Waals surface area contributed by atoms with Crippen molar-refractivity contribution in [1.82, 2.24) is 0 Å². The van der Waals surface area contributed by atoms with Crippen LogP contribution in [-0.2, 0) is 28.7 Å². The number of nitrogens with zero attached hydrogens (tertiary/aromatic N) is 2. The van der Waals surface area contributed by atoms with Gasteiger partial charge in [-0.05, 0) is 157 Å². The fourth-order valence-corrected chi connectivity index (χ4v) is 6.31. The zero-order valence-electron chi connectivity index (χ0n) is 30.2. The second-order valence-electron chi connectivity index (χ2n) is 11.6. The molecule has 10 nitrogen and oxygen atoms in total. The van der Waals surface area contributed by atoms with Crippen molar-refractivity contribution in [3.8, 4) is 11.5 Å². The van der Waals surface area contributed by atoms with Crippen molar-refractivity contribution in [2.45, 2.75) is 53.4 Å². The lowest BCUT2D eigenvalue weighted by molar-refractivity contribution is -0.133. The number of carbonyl (C=O) groups excluding carboxylic acids is 2. The quantitative estimate of drug-likeness (QED) is 0.0625. The number of alkyl halides is 1. The Labute approximate surface area is 332 Å². The summed E-state index contributed by atoms with van der Waals surface area (Å²) in [6, 6.07) is 15.0. The van der Waals surface area contributed by atoms with E-state index in [1.54, 1.807) is 12.1 Å². The highest BCUT2D eigenvalue weighted by Crippen LogP contribution is 2.33. The number of benzene rings is 2. The first-order valence-corrected chi connectivity index (χ1v) is 18.5. The number of ether oxygens (including phenoxy) is 3. The number of oxime groups is 2. The smallest absolute Gasteiger partial charge is 0.360 e. The number of esters is 2. The van der Waals surface area contributed by atoms with Crippen LogP contribution < -0.4 is 4.74 Å². The molecule has 0 amide bonds. The van der Waals surface area contributed by atoms with E-state index in [2.05, 4.69) is 76.3 Å².